The standard InChI is InChI=1S/C19H33N5O.HI/c1-6-20-19(23-16(5)14(2)3)22-12-17-7-8-18(21-11-17)24-9-10-25-15(4)13-24;/h7-8,11,14-16H,6,9-10,12-13H2,1-5H3,(H2,20,22,23);1H. The van der Waals surface area contributed by atoms with Crippen LogP contribution in [0.1, 0.15) is 40.2 Å². The maximum Gasteiger partial charge on any atom is 0.191 e. The van der Waals surface area contributed by atoms with Crippen molar-refractivity contribution in [1.29, 1.82) is 0 Å². The third kappa shape index (κ3) is 7.26. The summed E-state index contributed by atoms with van der Waals surface area (Å²) in [5.41, 5.74) is 1.11. The molecule has 1 saturated heterocycles. The van der Waals surface area contributed by atoms with E-state index < -0.39 is 0 Å². The summed E-state index contributed by atoms with van der Waals surface area (Å²) in [5.74, 6) is 2.43. The van der Waals surface area contributed by atoms with Gasteiger partial charge in [0.2, 0.25) is 0 Å². The van der Waals surface area contributed by atoms with E-state index in [0.717, 1.165) is 43.6 Å². The Balaban J connectivity index is 0.00000338. The second kappa shape index (κ2) is 11.6. The number of hydrogen-bond donors (Lipinski definition) is 2. The molecule has 0 aliphatic carbocycles. The van der Waals surface area contributed by atoms with Crippen LogP contribution in [0.15, 0.2) is 23.3 Å². The average Bonchev–Trinajstić information content (AvgIpc) is 2.60. The van der Waals surface area contributed by atoms with Gasteiger partial charge in [0.25, 0.3) is 0 Å². The van der Waals surface area contributed by atoms with Crippen molar-refractivity contribution in [2.75, 3.05) is 31.1 Å². The molecule has 0 amide bonds. The lowest BCUT2D eigenvalue weighted by molar-refractivity contribution is 0.0529. The van der Waals surface area contributed by atoms with Crippen LogP contribution < -0.4 is 15.5 Å². The zero-order chi connectivity index (χ0) is 18.2. The topological polar surface area (TPSA) is 61.8 Å². The summed E-state index contributed by atoms with van der Waals surface area (Å²) in [5, 5.41) is 6.75. The summed E-state index contributed by atoms with van der Waals surface area (Å²) in [7, 11) is 0. The van der Waals surface area contributed by atoms with E-state index in [1.807, 2.05) is 6.20 Å². The Hall–Kier alpha value is -1.09. The van der Waals surface area contributed by atoms with Crippen LogP contribution in [-0.2, 0) is 11.3 Å². The molecule has 2 heterocycles. The number of pyridine rings is 1. The van der Waals surface area contributed by atoms with Crippen molar-refractivity contribution >= 4 is 35.8 Å². The van der Waals surface area contributed by atoms with Crippen molar-refractivity contribution < 1.29 is 4.74 Å². The van der Waals surface area contributed by atoms with Crippen LogP contribution in [0.25, 0.3) is 0 Å². The van der Waals surface area contributed by atoms with E-state index in [0.29, 0.717) is 18.5 Å². The third-order valence-electron chi connectivity index (χ3n) is 4.50. The van der Waals surface area contributed by atoms with Crippen LogP contribution in [0.4, 0.5) is 5.82 Å². The van der Waals surface area contributed by atoms with Crippen LogP contribution in [0.2, 0.25) is 0 Å². The minimum atomic E-state index is 0. The number of nitrogens with one attached hydrogen (secondary N) is 2. The van der Waals surface area contributed by atoms with Crippen LogP contribution >= 0.6 is 24.0 Å². The molecule has 0 bridgehead atoms. The smallest absolute Gasteiger partial charge is 0.191 e. The maximum atomic E-state index is 5.59. The fourth-order valence-electron chi connectivity index (χ4n) is 2.60. The van der Waals surface area contributed by atoms with Crippen LogP contribution in [-0.4, -0.2) is 49.3 Å². The predicted molar refractivity (Wildman–Crippen MR) is 120 cm³/mol. The van der Waals surface area contributed by atoms with Crippen LogP contribution in [0, 0.1) is 5.92 Å². The van der Waals surface area contributed by atoms with Crippen molar-refractivity contribution in [3.63, 3.8) is 0 Å². The Morgan fingerprint density at radius 3 is 2.73 bits per heavy atom. The van der Waals surface area contributed by atoms with Crippen molar-refractivity contribution in [3.8, 4) is 0 Å². The van der Waals surface area contributed by atoms with Gasteiger partial charge in [-0.15, -0.1) is 24.0 Å². The number of guanidine groups is 1. The summed E-state index contributed by atoms with van der Waals surface area (Å²) in [6.07, 6.45) is 2.19. The number of aromatic nitrogens is 1. The zero-order valence-electron chi connectivity index (χ0n) is 16.7. The minimum Gasteiger partial charge on any atom is -0.375 e. The number of morpholine rings is 1. The van der Waals surface area contributed by atoms with Gasteiger partial charge in [-0.1, -0.05) is 19.9 Å². The third-order valence-corrected chi connectivity index (χ3v) is 4.50. The van der Waals surface area contributed by atoms with Gasteiger partial charge in [0.1, 0.15) is 5.82 Å². The highest BCUT2D eigenvalue weighted by Gasteiger charge is 2.17. The largest absolute Gasteiger partial charge is 0.375 e. The van der Waals surface area contributed by atoms with Crippen molar-refractivity contribution in [1.82, 2.24) is 15.6 Å². The summed E-state index contributed by atoms with van der Waals surface area (Å²) in [4.78, 5) is 11.6. The lowest BCUT2D eigenvalue weighted by Gasteiger charge is -2.32. The second-order valence-corrected chi connectivity index (χ2v) is 7.02. The summed E-state index contributed by atoms with van der Waals surface area (Å²) < 4.78 is 5.59. The fraction of sp³-hybridized carbons (Fsp3) is 0.684. The highest BCUT2D eigenvalue weighted by Crippen LogP contribution is 2.15. The van der Waals surface area contributed by atoms with Gasteiger partial charge in [0, 0.05) is 31.9 Å². The molecular formula is C19H34IN5O. The zero-order valence-corrected chi connectivity index (χ0v) is 19.0. The van der Waals surface area contributed by atoms with E-state index in [9.17, 15) is 0 Å². The molecule has 0 aromatic carbocycles. The van der Waals surface area contributed by atoms with E-state index in [1.54, 1.807) is 0 Å². The Morgan fingerprint density at radius 2 is 2.15 bits per heavy atom. The fourth-order valence-corrected chi connectivity index (χ4v) is 2.60. The Bertz CT molecular complexity index is 549. The summed E-state index contributed by atoms with van der Waals surface area (Å²) in [6.45, 7) is 14.8. The quantitative estimate of drug-likeness (QED) is 0.377. The molecule has 0 spiro atoms. The second-order valence-electron chi connectivity index (χ2n) is 7.02. The van der Waals surface area contributed by atoms with Crippen LogP contribution in [0.3, 0.4) is 0 Å². The number of hydrogen-bond acceptors (Lipinski definition) is 4. The molecule has 2 rings (SSSR count). The monoisotopic (exact) mass is 475 g/mol. The first kappa shape index (κ1) is 23.0. The van der Waals surface area contributed by atoms with Gasteiger partial charge in [-0.05, 0) is 38.3 Å². The number of rotatable bonds is 6. The molecule has 1 aliphatic heterocycles. The molecule has 0 radical (unpaired) electrons. The average molecular weight is 475 g/mol. The van der Waals surface area contributed by atoms with Gasteiger partial charge in [-0.2, -0.15) is 0 Å². The number of anilines is 1. The number of halogens is 1. The molecule has 2 atom stereocenters. The van der Waals surface area contributed by atoms with Gasteiger partial charge in [0.15, 0.2) is 5.96 Å². The predicted octanol–water partition coefficient (Wildman–Crippen LogP) is 3.02. The molecule has 7 heteroatoms. The van der Waals surface area contributed by atoms with Gasteiger partial charge in [0.05, 0.1) is 19.3 Å². The minimum absolute atomic E-state index is 0. The van der Waals surface area contributed by atoms with Crippen molar-refractivity contribution in [2.45, 2.75) is 53.3 Å². The molecule has 2 N–H and O–H groups in total. The van der Waals surface area contributed by atoms with Crippen molar-refractivity contribution in [2.24, 2.45) is 10.9 Å². The first-order chi connectivity index (χ1) is 12.0. The molecular weight excluding hydrogens is 441 g/mol. The number of nitrogens with zero attached hydrogens (tertiary/aromatic N) is 3. The van der Waals surface area contributed by atoms with E-state index in [2.05, 4.69) is 72.3 Å². The van der Waals surface area contributed by atoms with Gasteiger partial charge >= 0.3 is 0 Å². The molecule has 1 fully saturated rings. The normalized spacial score (nSPS) is 19.1. The summed E-state index contributed by atoms with van der Waals surface area (Å²) in [6, 6.07) is 4.57. The Kier molecular flexibility index (Phi) is 10.2. The van der Waals surface area contributed by atoms with E-state index in [1.165, 1.54) is 0 Å². The first-order valence-corrected chi connectivity index (χ1v) is 9.36. The molecule has 26 heavy (non-hydrogen) atoms. The lowest BCUT2D eigenvalue weighted by atomic mass is 10.1. The maximum absolute atomic E-state index is 5.59. The number of ether oxygens (including phenoxy) is 1. The highest BCUT2D eigenvalue weighted by molar-refractivity contribution is 14.0. The molecule has 1 aliphatic rings. The number of aliphatic imine (C=N–C) groups is 1. The van der Waals surface area contributed by atoms with Crippen molar-refractivity contribution in [3.05, 3.63) is 23.9 Å². The SMILES string of the molecule is CCNC(=NCc1ccc(N2CCOC(C)C2)nc1)NC(C)C(C)C.I. The molecule has 2 unspecified atom stereocenters. The summed E-state index contributed by atoms with van der Waals surface area (Å²) >= 11 is 0. The van der Waals surface area contributed by atoms with E-state index >= 15 is 0 Å². The molecule has 6 nitrogen and oxygen atoms in total. The van der Waals surface area contributed by atoms with Gasteiger partial charge in [-0.25, -0.2) is 9.98 Å². The van der Waals surface area contributed by atoms with Gasteiger partial charge in [-0.3, -0.25) is 0 Å². The Labute approximate surface area is 175 Å². The van der Waals surface area contributed by atoms with E-state index in [4.69, 9.17) is 4.74 Å². The molecule has 0 saturated carbocycles. The lowest BCUT2D eigenvalue weighted by Crippen LogP contribution is -2.44. The highest BCUT2D eigenvalue weighted by atomic mass is 127. The molecule has 148 valence electrons. The van der Waals surface area contributed by atoms with Crippen LogP contribution in [0.5, 0.6) is 0 Å². The first-order valence-electron chi connectivity index (χ1n) is 9.36. The van der Waals surface area contributed by atoms with Gasteiger partial charge < -0.3 is 20.3 Å². The Morgan fingerprint density at radius 1 is 1.38 bits per heavy atom. The molecule has 1 aromatic rings. The van der Waals surface area contributed by atoms with E-state index in [-0.39, 0.29) is 30.1 Å². The molecule has 1 aromatic heterocycles.